The van der Waals surface area contributed by atoms with E-state index in [1.165, 1.54) is 128 Å². The molecule has 0 aliphatic heterocycles. The third kappa shape index (κ3) is 36.1. The van der Waals surface area contributed by atoms with Crippen LogP contribution >= 0.6 is 0 Å². The number of carboxylic acid groups (broad SMARTS) is 1. The second-order valence-corrected chi connectivity index (χ2v) is 9.66. The second-order valence-electron chi connectivity index (χ2n) is 9.66. The standard InChI is InChI=1S/C26H55NO2.C2H4O2/c1-3-5-7-9-11-13-15-17-19-21-23-27(25-26(28)29)24-22-20-18-16-14-12-10-8-6-4-2;1-2(3)4/h26,28-29H,3-25H2,1-2H3;1H3,(H,3,4). The fraction of sp³-hybridized carbons (Fsp3) is 0.964. The molecule has 0 atom stereocenters. The van der Waals surface area contributed by atoms with Gasteiger partial charge >= 0.3 is 0 Å². The van der Waals surface area contributed by atoms with Crippen molar-refractivity contribution in [2.24, 2.45) is 0 Å². The van der Waals surface area contributed by atoms with Gasteiger partial charge in [0.25, 0.3) is 5.97 Å². The van der Waals surface area contributed by atoms with Gasteiger partial charge in [0, 0.05) is 13.5 Å². The third-order valence-electron chi connectivity index (χ3n) is 6.08. The molecule has 0 spiro atoms. The molecular formula is C28H59NO4. The Kier molecular flexibility index (Phi) is 30.7. The Balaban J connectivity index is 0. The molecule has 0 aromatic rings. The lowest BCUT2D eigenvalue weighted by molar-refractivity contribution is -0.134. The van der Waals surface area contributed by atoms with E-state index in [2.05, 4.69) is 18.7 Å². The van der Waals surface area contributed by atoms with Crippen LogP contribution in [0, 0.1) is 0 Å². The van der Waals surface area contributed by atoms with Gasteiger partial charge in [-0.2, -0.15) is 0 Å². The van der Waals surface area contributed by atoms with Gasteiger partial charge in [-0.15, -0.1) is 0 Å². The molecule has 0 rings (SSSR count). The minimum absolute atomic E-state index is 0.412. The number of unbranched alkanes of at least 4 members (excludes halogenated alkanes) is 18. The summed E-state index contributed by atoms with van der Waals surface area (Å²) in [5.41, 5.74) is 0. The van der Waals surface area contributed by atoms with E-state index in [4.69, 9.17) is 9.90 Å². The van der Waals surface area contributed by atoms with E-state index < -0.39 is 12.3 Å². The zero-order valence-corrected chi connectivity index (χ0v) is 22.5. The lowest BCUT2D eigenvalue weighted by Gasteiger charge is -2.23. The van der Waals surface area contributed by atoms with Crippen molar-refractivity contribution in [2.75, 3.05) is 19.6 Å². The summed E-state index contributed by atoms with van der Waals surface area (Å²) in [6, 6.07) is 0. The Bertz CT molecular complexity index is 349. The van der Waals surface area contributed by atoms with Crippen molar-refractivity contribution in [3.63, 3.8) is 0 Å². The summed E-state index contributed by atoms with van der Waals surface area (Å²) >= 11 is 0. The first-order chi connectivity index (χ1) is 15.9. The summed E-state index contributed by atoms with van der Waals surface area (Å²) in [5.74, 6) is -0.833. The molecule has 0 heterocycles. The molecule has 0 unspecified atom stereocenters. The van der Waals surface area contributed by atoms with Gasteiger partial charge in [0.2, 0.25) is 0 Å². The molecule has 0 saturated heterocycles. The summed E-state index contributed by atoms with van der Waals surface area (Å²) in [6.45, 7) is 8.08. The number of aliphatic hydroxyl groups is 2. The first-order valence-corrected chi connectivity index (χ1v) is 14.2. The van der Waals surface area contributed by atoms with Crippen LogP contribution in [0.25, 0.3) is 0 Å². The molecule has 33 heavy (non-hydrogen) atoms. The normalized spacial score (nSPS) is 11.1. The van der Waals surface area contributed by atoms with Gasteiger partial charge in [0.15, 0.2) is 6.29 Å². The molecule has 0 aliphatic rings. The van der Waals surface area contributed by atoms with E-state index in [9.17, 15) is 10.2 Å². The zero-order valence-electron chi connectivity index (χ0n) is 22.5. The number of aliphatic hydroxyl groups excluding tert-OH is 1. The van der Waals surface area contributed by atoms with Gasteiger partial charge in [0.05, 0.1) is 0 Å². The Morgan fingerprint density at radius 3 is 1.06 bits per heavy atom. The van der Waals surface area contributed by atoms with Crippen molar-refractivity contribution >= 4 is 5.97 Å². The number of aliphatic carboxylic acids is 1. The zero-order chi connectivity index (χ0) is 25.0. The molecule has 200 valence electrons. The van der Waals surface area contributed by atoms with Crippen LogP contribution in [0.5, 0.6) is 0 Å². The van der Waals surface area contributed by atoms with Crippen molar-refractivity contribution in [1.29, 1.82) is 0 Å². The summed E-state index contributed by atoms with van der Waals surface area (Å²) < 4.78 is 0. The molecule has 0 radical (unpaired) electrons. The fourth-order valence-electron chi connectivity index (χ4n) is 4.17. The van der Waals surface area contributed by atoms with Gasteiger partial charge in [-0.1, -0.05) is 129 Å². The van der Waals surface area contributed by atoms with Crippen molar-refractivity contribution in [1.82, 2.24) is 4.90 Å². The SMILES string of the molecule is CC(=O)O.CCCCCCCCCCCCN(CCCCCCCCCCCC)CC(O)O. The molecule has 0 aromatic heterocycles. The first-order valence-electron chi connectivity index (χ1n) is 14.2. The van der Waals surface area contributed by atoms with Gasteiger partial charge < -0.3 is 15.3 Å². The highest BCUT2D eigenvalue weighted by Gasteiger charge is 2.08. The highest BCUT2D eigenvalue weighted by Crippen LogP contribution is 2.13. The third-order valence-corrected chi connectivity index (χ3v) is 6.08. The summed E-state index contributed by atoms with van der Waals surface area (Å²) in [6.07, 6.45) is 25.9. The van der Waals surface area contributed by atoms with Crippen LogP contribution in [0.3, 0.4) is 0 Å². The molecule has 3 N–H and O–H groups in total. The summed E-state index contributed by atoms with van der Waals surface area (Å²) in [5, 5.41) is 26.1. The van der Waals surface area contributed by atoms with E-state index in [1.807, 2.05) is 0 Å². The van der Waals surface area contributed by atoms with Gasteiger partial charge in [0.1, 0.15) is 0 Å². The number of carbonyl (C=O) groups is 1. The fourth-order valence-corrected chi connectivity index (χ4v) is 4.17. The van der Waals surface area contributed by atoms with Crippen LogP contribution in [-0.2, 0) is 4.79 Å². The molecule has 5 heteroatoms. The van der Waals surface area contributed by atoms with Crippen LogP contribution < -0.4 is 0 Å². The van der Waals surface area contributed by atoms with Crippen LogP contribution in [0.1, 0.15) is 149 Å². The molecule has 0 saturated carbocycles. The highest BCUT2D eigenvalue weighted by molar-refractivity contribution is 5.62. The number of rotatable bonds is 24. The molecule has 0 amide bonds. The predicted octanol–water partition coefficient (Wildman–Crippen LogP) is 7.53. The number of carboxylic acids is 1. The van der Waals surface area contributed by atoms with Gasteiger partial charge in [-0.25, -0.2) is 0 Å². The second kappa shape index (κ2) is 29.4. The summed E-state index contributed by atoms with van der Waals surface area (Å²) in [7, 11) is 0. The smallest absolute Gasteiger partial charge is 0.300 e. The van der Waals surface area contributed by atoms with Crippen LogP contribution in [-0.4, -0.2) is 52.1 Å². The van der Waals surface area contributed by atoms with Crippen LogP contribution in [0.15, 0.2) is 0 Å². The topological polar surface area (TPSA) is 81.0 Å². The van der Waals surface area contributed by atoms with E-state index in [0.717, 1.165) is 20.0 Å². The predicted molar refractivity (Wildman–Crippen MR) is 142 cm³/mol. The van der Waals surface area contributed by atoms with Crippen molar-refractivity contribution < 1.29 is 20.1 Å². The van der Waals surface area contributed by atoms with Crippen molar-refractivity contribution in [3.05, 3.63) is 0 Å². The largest absolute Gasteiger partial charge is 0.481 e. The van der Waals surface area contributed by atoms with E-state index in [0.29, 0.717) is 6.54 Å². The Labute approximate surface area is 206 Å². The molecule has 0 aromatic carbocycles. The maximum absolute atomic E-state index is 9.36. The lowest BCUT2D eigenvalue weighted by atomic mass is 10.1. The average Bonchev–Trinajstić information content (AvgIpc) is 2.75. The lowest BCUT2D eigenvalue weighted by Crippen LogP contribution is -2.34. The quantitative estimate of drug-likeness (QED) is 0.0996. The van der Waals surface area contributed by atoms with E-state index >= 15 is 0 Å². The highest BCUT2D eigenvalue weighted by atomic mass is 16.5. The molecule has 0 fully saturated rings. The minimum atomic E-state index is -1.19. The molecule has 0 aliphatic carbocycles. The molecule has 0 bridgehead atoms. The average molecular weight is 474 g/mol. The van der Waals surface area contributed by atoms with Crippen LogP contribution in [0.4, 0.5) is 0 Å². The molecular weight excluding hydrogens is 414 g/mol. The Morgan fingerprint density at radius 2 is 0.818 bits per heavy atom. The minimum Gasteiger partial charge on any atom is -0.481 e. The van der Waals surface area contributed by atoms with E-state index in [-0.39, 0.29) is 0 Å². The summed E-state index contributed by atoms with van der Waals surface area (Å²) in [4.78, 5) is 11.3. The van der Waals surface area contributed by atoms with Crippen molar-refractivity contribution in [2.45, 2.75) is 155 Å². The Hall–Kier alpha value is -0.650. The maximum Gasteiger partial charge on any atom is 0.300 e. The van der Waals surface area contributed by atoms with E-state index in [1.54, 1.807) is 0 Å². The maximum atomic E-state index is 9.36. The van der Waals surface area contributed by atoms with Crippen LogP contribution in [0.2, 0.25) is 0 Å². The van der Waals surface area contributed by atoms with Gasteiger partial charge in [-0.05, 0) is 25.9 Å². The van der Waals surface area contributed by atoms with Crippen molar-refractivity contribution in [3.8, 4) is 0 Å². The number of hydrogen-bond donors (Lipinski definition) is 3. The monoisotopic (exact) mass is 473 g/mol. The number of hydrogen-bond acceptors (Lipinski definition) is 4. The number of nitrogens with zero attached hydrogens (tertiary/aromatic N) is 1. The first kappa shape index (κ1) is 34.5. The molecule has 5 nitrogen and oxygen atoms in total. The Morgan fingerprint density at radius 1 is 0.576 bits per heavy atom. The van der Waals surface area contributed by atoms with Gasteiger partial charge in [-0.3, -0.25) is 9.69 Å².